The maximum Gasteiger partial charge on any atom is 0.261 e. The fourth-order valence-electron chi connectivity index (χ4n) is 2.63. The number of rotatable bonds is 8. The highest BCUT2D eigenvalue weighted by Gasteiger charge is 2.12. The summed E-state index contributed by atoms with van der Waals surface area (Å²) in [6.45, 7) is 6.97. The number of benzene rings is 1. The summed E-state index contributed by atoms with van der Waals surface area (Å²) >= 11 is 0. The Kier molecular flexibility index (Phi) is 7.93. The highest BCUT2D eigenvalue weighted by molar-refractivity contribution is 6.01. The van der Waals surface area contributed by atoms with Gasteiger partial charge >= 0.3 is 0 Å². The smallest absolute Gasteiger partial charge is 0.261 e. The summed E-state index contributed by atoms with van der Waals surface area (Å²) in [6.07, 6.45) is 2.30. The number of morpholine rings is 1. The molecule has 0 aromatic heterocycles. The normalized spacial score (nSPS) is 15.3. The fraction of sp³-hybridized carbons (Fsp3) is 0.474. The number of phenolic OH excluding ortho intramolecular Hbond substituents is 1. The molecule has 1 aliphatic rings. The van der Waals surface area contributed by atoms with E-state index in [0.717, 1.165) is 39.3 Å². The second-order valence-electron chi connectivity index (χ2n) is 5.89. The zero-order valence-corrected chi connectivity index (χ0v) is 15.0. The highest BCUT2D eigenvalue weighted by Crippen LogP contribution is 2.27. The zero-order valence-electron chi connectivity index (χ0n) is 15.0. The molecule has 0 unspecified atom stereocenters. The van der Waals surface area contributed by atoms with Gasteiger partial charge in [0.1, 0.15) is 11.6 Å². The number of carbonyl (C=O) groups is 1. The van der Waals surface area contributed by atoms with Crippen molar-refractivity contribution < 1.29 is 19.4 Å². The lowest BCUT2D eigenvalue weighted by Crippen LogP contribution is -2.38. The molecule has 1 aliphatic heterocycles. The van der Waals surface area contributed by atoms with Crippen LogP contribution in [0.1, 0.15) is 18.9 Å². The first-order valence-electron chi connectivity index (χ1n) is 8.80. The highest BCUT2D eigenvalue weighted by atomic mass is 16.5. The number of carbonyl (C=O) groups excluding carboxylic acids is 1. The van der Waals surface area contributed by atoms with Gasteiger partial charge in [0.15, 0.2) is 11.5 Å². The van der Waals surface area contributed by atoms with Gasteiger partial charge in [0.2, 0.25) is 0 Å². The second-order valence-corrected chi connectivity index (χ2v) is 5.89. The van der Waals surface area contributed by atoms with E-state index in [1.165, 1.54) is 12.1 Å². The molecule has 7 nitrogen and oxygen atoms in total. The summed E-state index contributed by atoms with van der Waals surface area (Å²) in [4.78, 5) is 14.5. The standard InChI is InChI=1S/C19H25N3O4/c1-2-26-18-13-15(4-5-17(18)23)12-16(14-20)19(24)21-6-3-7-22-8-10-25-11-9-22/h4-5,12-13,23H,2-3,6-11H2,1H3,(H,21,24). The average molecular weight is 359 g/mol. The molecule has 0 aliphatic carbocycles. The molecule has 0 radical (unpaired) electrons. The minimum Gasteiger partial charge on any atom is -0.504 e. The molecule has 0 saturated carbocycles. The van der Waals surface area contributed by atoms with Gasteiger partial charge in [-0.2, -0.15) is 5.26 Å². The number of ether oxygens (including phenoxy) is 2. The third kappa shape index (κ3) is 6.06. The van der Waals surface area contributed by atoms with Crippen LogP contribution in [0.5, 0.6) is 11.5 Å². The van der Waals surface area contributed by atoms with Gasteiger partial charge in [0.25, 0.3) is 5.91 Å². The van der Waals surface area contributed by atoms with E-state index in [2.05, 4.69) is 10.2 Å². The number of amides is 1. The third-order valence-electron chi connectivity index (χ3n) is 4.00. The van der Waals surface area contributed by atoms with Crippen LogP contribution in [0, 0.1) is 11.3 Å². The number of nitrogens with zero attached hydrogens (tertiary/aromatic N) is 2. The number of phenols is 1. The monoisotopic (exact) mass is 359 g/mol. The predicted octanol–water partition coefficient (Wildman–Crippen LogP) is 1.54. The number of hydrogen-bond donors (Lipinski definition) is 2. The van der Waals surface area contributed by atoms with Gasteiger partial charge in [0, 0.05) is 19.6 Å². The molecule has 0 bridgehead atoms. The van der Waals surface area contributed by atoms with E-state index < -0.39 is 5.91 Å². The number of nitriles is 1. The fourth-order valence-corrected chi connectivity index (χ4v) is 2.63. The Morgan fingerprint density at radius 3 is 2.92 bits per heavy atom. The predicted molar refractivity (Wildman–Crippen MR) is 97.8 cm³/mol. The van der Waals surface area contributed by atoms with Gasteiger partial charge in [-0.25, -0.2) is 0 Å². The molecule has 140 valence electrons. The van der Waals surface area contributed by atoms with Crippen LogP contribution in [0.2, 0.25) is 0 Å². The summed E-state index contributed by atoms with van der Waals surface area (Å²) < 4.78 is 10.6. The molecule has 7 heteroatoms. The van der Waals surface area contributed by atoms with Gasteiger partial charge in [-0.15, -0.1) is 0 Å². The molecule has 2 N–H and O–H groups in total. The molecule has 1 saturated heterocycles. The van der Waals surface area contributed by atoms with Crippen molar-refractivity contribution in [1.82, 2.24) is 10.2 Å². The van der Waals surface area contributed by atoms with Crippen molar-refractivity contribution in [2.45, 2.75) is 13.3 Å². The first kappa shape index (κ1) is 19.8. The van der Waals surface area contributed by atoms with E-state index in [9.17, 15) is 15.2 Å². The van der Waals surface area contributed by atoms with Crippen LogP contribution in [-0.4, -0.2) is 61.9 Å². The lowest BCUT2D eigenvalue weighted by Gasteiger charge is -2.26. The van der Waals surface area contributed by atoms with Crippen LogP contribution >= 0.6 is 0 Å². The topological polar surface area (TPSA) is 94.8 Å². The molecular formula is C19H25N3O4. The van der Waals surface area contributed by atoms with Crippen molar-refractivity contribution in [1.29, 1.82) is 5.26 Å². The van der Waals surface area contributed by atoms with Crippen LogP contribution < -0.4 is 10.1 Å². The zero-order chi connectivity index (χ0) is 18.8. The molecular weight excluding hydrogens is 334 g/mol. The largest absolute Gasteiger partial charge is 0.504 e. The maximum absolute atomic E-state index is 12.2. The summed E-state index contributed by atoms with van der Waals surface area (Å²) in [5, 5.41) is 21.8. The van der Waals surface area contributed by atoms with Crippen LogP contribution in [0.4, 0.5) is 0 Å². The van der Waals surface area contributed by atoms with Crippen LogP contribution in [-0.2, 0) is 9.53 Å². The Morgan fingerprint density at radius 2 is 2.23 bits per heavy atom. The van der Waals surface area contributed by atoms with Gasteiger partial charge in [-0.1, -0.05) is 6.07 Å². The molecule has 0 atom stereocenters. The average Bonchev–Trinajstić information content (AvgIpc) is 2.66. The molecule has 1 fully saturated rings. The Balaban J connectivity index is 1.88. The summed E-state index contributed by atoms with van der Waals surface area (Å²) in [6, 6.07) is 6.63. The van der Waals surface area contributed by atoms with E-state index in [1.54, 1.807) is 12.1 Å². The molecule has 1 heterocycles. The van der Waals surface area contributed by atoms with Crippen molar-refractivity contribution in [3.05, 3.63) is 29.3 Å². The molecule has 0 spiro atoms. The van der Waals surface area contributed by atoms with E-state index in [4.69, 9.17) is 9.47 Å². The Labute approximate surface area is 153 Å². The second kappa shape index (κ2) is 10.4. The first-order valence-corrected chi connectivity index (χ1v) is 8.80. The van der Waals surface area contributed by atoms with E-state index in [-0.39, 0.29) is 11.3 Å². The molecule has 1 amide bonds. The van der Waals surface area contributed by atoms with Crippen molar-refractivity contribution in [3.8, 4) is 17.6 Å². The summed E-state index contributed by atoms with van der Waals surface area (Å²) in [5.74, 6) is -0.0555. The molecule has 1 aromatic rings. The lowest BCUT2D eigenvalue weighted by atomic mass is 10.1. The summed E-state index contributed by atoms with van der Waals surface area (Å²) in [7, 11) is 0. The quantitative estimate of drug-likeness (QED) is 0.415. The van der Waals surface area contributed by atoms with Crippen molar-refractivity contribution >= 4 is 12.0 Å². The van der Waals surface area contributed by atoms with E-state index in [0.29, 0.717) is 24.5 Å². The van der Waals surface area contributed by atoms with Gasteiger partial charge in [-0.3, -0.25) is 9.69 Å². The van der Waals surface area contributed by atoms with E-state index in [1.807, 2.05) is 13.0 Å². The first-order chi connectivity index (χ1) is 12.6. The van der Waals surface area contributed by atoms with Crippen molar-refractivity contribution in [2.75, 3.05) is 46.0 Å². The molecule has 2 rings (SSSR count). The lowest BCUT2D eigenvalue weighted by molar-refractivity contribution is -0.117. The number of nitrogens with one attached hydrogen (secondary N) is 1. The Hall–Kier alpha value is -2.56. The Morgan fingerprint density at radius 1 is 1.46 bits per heavy atom. The summed E-state index contributed by atoms with van der Waals surface area (Å²) in [5.41, 5.74) is 0.635. The van der Waals surface area contributed by atoms with Gasteiger partial charge in [-0.05, 0) is 43.7 Å². The van der Waals surface area contributed by atoms with Crippen molar-refractivity contribution in [3.63, 3.8) is 0 Å². The number of aromatic hydroxyl groups is 1. The van der Waals surface area contributed by atoms with Crippen LogP contribution in [0.25, 0.3) is 6.08 Å². The van der Waals surface area contributed by atoms with Gasteiger partial charge < -0.3 is 19.9 Å². The van der Waals surface area contributed by atoms with Gasteiger partial charge in [0.05, 0.1) is 19.8 Å². The minimum atomic E-state index is -0.402. The third-order valence-corrected chi connectivity index (χ3v) is 4.00. The van der Waals surface area contributed by atoms with Crippen LogP contribution in [0.15, 0.2) is 23.8 Å². The SMILES string of the molecule is CCOc1cc(C=C(C#N)C(=O)NCCCN2CCOCC2)ccc1O. The minimum absolute atomic E-state index is 0.0181. The molecule has 1 aromatic carbocycles. The van der Waals surface area contributed by atoms with Crippen LogP contribution in [0.3, 0.4) is 0 Å². The van der Waals surface area contributed by atoms with Crippen molar-refractivity contribution in [2.24, 2.45) is 0 Å². The van der Waals surface area contributed by atoms with E-state index >= 15 is 0 Å². The Bertz CT molecular complexity index is 676. The molecule has 26 heavy (non-hydrogen) atoms. The maximum atomic E-state index is 12.2. The number of hydrogen-bond acceptors (Lipinski definition) is 6.